The van der Waals surface area contributed by atoms with Crippen LogP contribution >= 0.6 is 12.4 Å². The Kier molecular flexibility index (Phi) is 9.11. The summed E-state index contributed by atoms with van der Waals surface area (Å²) in [5.41, 5.74) is -2.83. The minimum atomic E-state index is -4.93. The van der Waals surface area contributed by atoms with Gasteiger partial charge in [0.15, 0.2) is 0 Å². The van der Waals surface area contributed by atoms with Crippen molar-refractivity contribution >= 4 is 12.4 Å². The predicted molar refractivity (Wildman–Crippen MR) is 102 cm³/mol. The molecule has 2 rings (SSSR count). The van der Waals surface area contributed by atoms with E-state index in [1.54, 1.807) is 0 Å². The van der Waals surface area contributed by atoms with E-state index in [4.69, 9.17) is 4.74 Å². The first kappa shape index (κ1) is 25.8. The smallest absolute Gasteiger partial charge is 0.416 e. The third kappa shape index (κ3) is 6.15. The third-order valence-corrected chi connectivity index (χ3v) is 5.12. The number of hydrogen-bond acceptors (Lipinski definition) is 3. The topological polar surface area (TPSA) is 24.5 Å². The number of methoxy groups -OCH3 is 1. The molecule has 0 bridgehead atoms. The number of halogens is 7. The van der Waals surface area contributed by atoms with Crippen molar-refractivity contribution in [3.05, 3.63) is 28.8 Å². The number of nitrogens with one attached hydrogen (secondary N) is 1. The van der Waals surface area contributed by atoms with Gasteiger partial charge in [-0.25, -0.2) is 0 Å². The van der Waals surface area contributed by atoms with Crippen molar-refractivity contribution in [1.29, 1.82) is 0 Å². The number of benzene rings is 1. The molecule has 0 radical (unpaired) electrons. The van der Waals surface area contributed by atoms with Gasteiger partial charge in [0.05, 0.1) is 18.2 Å². The molecule has 29 heavy (non-hydrogen) atoms. The van der Waals surface area contributed by atoms with Crippen LogP contribution in [-0.4, -0.2) is 38.2 Å². The lowest BCUT2D eigenvalue weighted by atomic mass is 9.85. The van der Waals surface area contributed by atoms with Crippen molar-refractivity contribution in [2.24, 2.45) is 5.92 Å². The SMILES string of the molecule is CCCC(C)[C@@H](c1c(OC)cc(C(F)(F)F)cc1C(F)(F)F)N1CCNCC1.Cl. The number of piperazine rings is 1. The molecule has 10 heteroatoms. The van der Waals surface area contributed by atoms with E-state index >= 15 is 0 Å². The number of alkyl halides is 6. The molecule has 0 spiro atoms. The Morgan fingerprint density at radius 2 is 1.66 bits per heavy atom. The van der Waals surface area contributed by atoms with Gasteiger partial charge in [-0.15, -0.1) is 12.4 Å². The average molecular weight is 449 g/mol. The molecule has 1 aliphatic rings. The van der Waals surface area contributed by atoms with E-state index in [0.717, 1.165) is 13.5 Å². The van der Waals surface area contributed by atoms with Crippen LogP contribution in [0, 0.1) is 5.92 Å². The van der Waals surface area contributed by atoms with E-state index in [2.05, 4.69) is 5.32 Å². The standard InChI is InChI=1S/C19H26F6N2O.ClH/c1-4-5-12(2)17(27-8-6-26-7-9-27)16-14(19(23,24)25)10-13(18(20,21)22)11-15(16)28-3;/h10-12,17,26H,4-9H2,1-3H3;1H/t12?,17-;/m0./s1. The molecular weight excluding hydrogens is 422 g/mol. The molecule has 1 heterocycles. The lowest BCUT2D eigenvalue weighted by molar-refractivity contribution is -0.144. The molecule has 0 aliphatic carbocycles. The van der Waals surface area contributed by atoms with Gasteiger partial charge in [0, 0.05) is 37.8 Å². The maximum atomic E-state index is 13.9. The molecule has 0 saturated carbocycles. The van der Waals surface area contributed by atoms with E-state index in [0.29, 0.717) is 38.7 Å². The number of nitrogens with zero attached hydrogens (tertiary/aromatic N) is 1. The zero-order chi connectivity index (χ0) is 21.1. The normalized spacial score (nSPS) is 18.1. The summed E-state index contributed by atoms with van der Waals surface area (Å²) in [6, 6.07) is 0.209. The van der Waals surface area contributed by atoms with Gasteiger partial charge < -0.3 is 10.1 Å². The molecule has 0 amide bonds. The number of rotatable bonds is 6. The zero-order valence-electron chi connectivity index (χ0n) is 16.6. The van der Waals surface area contributed by atoms with Crippen LogP contribution in [0.4, 0.5) is 26.3 Å². The highest BCUT2D eigenvalue weighted by atomic mass is 35.5. The lowest BCUT2D eigenvalue weighted by Crippen LogP contribution is -2.47. The van der Waals surface area contributed by atoms with Gasteiger partial charge >= 0.3 is 12.4 Å². The summed E-state index contributed by atoms with van der Waals surface area (Å²) < 4.78 is 86.2. The first-order chi connectivity index (χ1) is 13.0. The number of ether oxygens (including phenoxy) is 1. The second-order valence-corrected chi connectivity index (χ2v) is 7.13. The second kappa shape index (κ2) is 10.2. The summed E-state index contributed by atoms with van der Waals surface area (Å²) in [6.07, 6.45) is -8.42. The highest BCUT2D eigenvalue weighted by molar-refractivity contribution is 5.85. The summed E-state index contributed by atoms with van der Waals surface area (Å²) >= 11 is 0. The van der Waals surface area contributed by atoms with Gasteiger partial charge in [0.1, 0.15) is 5.75 Å². The fourth-order valence-corrected chi connectivity index (χ4v) is 3.90. The molecule has 168 valence electrons. The van der Waals surface area contributed by atoms with Crippen LogP contribution < -0.4 is 10.1 Å². The Morgan fingerprint density at radius 3 is 2.10 bits per heavy atom. The fourth-order valence-electron chi connectivity index (χ4n) is 3.90. The molecule has 1 aromatic carbocycles. The van der Waals surface area contributed by atoms with Crippen molar-refractivity contribution < 1.29 is 31.1 Å². The Hall–Kier alpha value is -1.19. The Morgan fingerprint density at radius 1 is 1.07 bits per heavy atom. The van der Waals surface area contributed by atoms with Gasteiger partial charge in [-0.3, -0.25) is 4.90 Å². The summed E-state index contributed by atoms with van der Waals surface area (Å²) in [6.45, 7) is 6.02. The van der Waals surface area contributed by atoms with Gasteiger partial charge in [0.25, 0.3) is 0 Å². The van der Waals surface area contributed by atoms with Crippen LogP contribution in [-0.2, 0) is 12.4 Å². The first-order valence-corrected chi connectivity index (χ1v) is 9.31. The molecule has 1 fully saturated rings. The minimum Gasteiger partial charge on any atom is -0.496 e. The second-order valence-electron chi connectivity index (χ2n) is 7.13. The van der Waals surface area contributed by atoms with Gasteiger partial charge in [-0.2, -0.15) is 26.3 Å². The van der Waals surface area contributed by atoms with Crippen molar-refractivity contribution in [3.63, 3.8) is 0 Å². The van der Waals surface area contributed by atoms with Crippen molar-refractivity contribution in [1.82, 2.24) is 10.2 Å². The Bertz CT molecular complexity index is 659. The lowest BCUT2D eigenvalue weighted by Gasteiger charge is -2.40. The predicted octanol–water partition coefficient (Wildman–Crippen LogP) is 5.54. The first-order valence-electron chi connectivity index (χ1n) is 9.31. The Labute approximate surface area is 173 Å². The van der Waals surface area contributed by atoms with E-state index < -0.39 is 29.5 Å². The van der Waals surface area contributed by atoms with E-state index in [9.17, 15) is 26.3 Å². The van der Waals surface area contributed by atoms with Crippen LogP contribution in [0.15, 0.2) is 12.1 Å². The van der Waals surface area contributed by atoms with Crippen LogP contribution in [0.3, 0.4) is 0 Å². The maximum absolute atomic E-state index is 13.9. The molecule has 1 unspecified atom stereocenters. The van der Waals surface area contributed by atoms with E-state index in [-0.39, 0.29) is 35.7 Å². The molecule has 0 aromatic heterocycles. The summed E-state index contributed by atoms with van der Waals surface area (Å²) in [5.74, 6) is -0.552. The van der Waals surface area contributed by atoms with Crippen LogP contribution in [0.1, 0.15) is 49.4 Å². The third-order valence-electron chi connectivity index (χ3n) is 5.12. The van der Waals surface area contributed by atoms with E-state index in [1.165, 1.54) is 0 Å². The molecule has 1 N–H and O–H groups in total. The average Bonchev–Trinajstić information content (AvgIpc) is 2.61. The van der Waals surface area contributed by atoms with Crippen molar-refractivity contribution in [2.75, 3.05) is 33.3 Å². The molecular formula is C19H27ClF6N2O. The van der Waals surface area contributed by atoms with Crippen LogP contribution in [0.2, 0.25) is 0 Å². The zero-order valence-corrected chi connectivity index (χ0v) is 17.4. The highest BCUT2D eigenvalue weighted by Gasteiger charge is 2.43. The highest BCUT2D eigenvalue weighted by Crippen LogP contribution is 2.47. The van der Waals surface area contributed by atoms with Crippen LogP contribution in [0.5, 0.6) is 5.75 Å². The van der Waals surface area contributed by atoms with Gasteiger partial charge in [-0.1, -0.05) is 20.3 Å². The fraction of sp³-hybridized carbons (Fsp3) is 0.684. The molecule has 1 aromatic rings. The quantitative estimate of drug-likeness (QED) is 0.578. The number of hydrogen-bond donors (Lipinski definition) is 1. The molecule has 3 nitrogen and oxygen atoms in total. The maximum Gasteiger partial charge on any atom is 0.416 e. The summed E-state index contributed by atoms with van der Waals surface area (Å²) in [5, 5.41) is 3.15. The van der Waals surface area contributed by atoms with E-state index in [1.807, 2.05) is 18.7 Å². The van der Waals surface area contributed by atoms with Crippen LogP contribution in [0.25, 0.3) is 0 Å². The minimum absolute atomic E-state index is 0. The largest absolute Gasteiger partial charge is 0.496 e. The molecule has 1 aliphatic heterocycles. The van der Waals surface area contributed by atoms with Crippen molar-refractivity contribution in [3.8, 4) is 5.75 Å². The monoisotopic (exact) mass is 448 g/mol. The molecule has 2 atom stereocenters. The van der Waals surface area contributed by atoms with Crippen molar-refractivity contribution in [2.45, 2.75) is 45.1 Å². The summed E-state index contributed by atoms with van der Waals surface area (Å²) in [4.78, 5) is 1.91. The Balaban J connectivity index is 0.00000420. The van der Waals surface area contributed by atoms with Gasteiger partial charge in [0.2, 0.25) is 0 Å². The summed E-state index contributed by atoms with van der Waals surface area (Å²) in [7, 11) is 1.11. The van der Waals surface area contributed by atoms with Gasteiger partial charge in [-0.05, 0) is 24.5 Å². The molecule has 1 saturated heterocycles.